The third kappa shape index (κ3) is 4.94. The fourth-order valence-corrected chi connectivity index (χ4v) is 4.81. The largest absolute Gasteiger partial charge is 0.397 e. The first-order valence-corrected chi connectivity index (χ1v) is 11.4. The maximum absolute atomic E-state index is 10.9. The number of nitro groups is 1. The fraction of sp³-hybridized carbons (Fsp3) is 0.455. The van der Waals surface area contributed by atoms with Crippen molar-refractivity contribution < 1.29 is 4.92 Å². The number of fused-ring (bicyclic) bond motifs is 2. The lowest BCUT2D eigenvalue weighted by molar-refractivity contribution is -0.384. The Morgan fingerprint density at radius 3 is 2.19 bits per heavy atom. The van der Waals surface area contributed by atoms with E-state index in [2.05, 4.69) is 45.6 Å². The highest BCUT2D eigenvalue weighted by atomic mass is 79.9. The summed E-state index contributed by atoms with van der Waals surface area (Å²) < 4.78 is 0.784. The minimum atomic E-state index is -0.424. The average Bonchev–Trinajstić information content (AvgIpc) is 2.78. The summed E-state index contributed by atoms with van der Waals surface area (Å²) >= 11 is 3.41. The van der Waals surface area contributed by atoms with Crippen molar-refractivity contribution in [3.63, 3.8) is 0 Å². The van der Waals surface area contributed by atoms with Gasteiger partial charge in [-0.15, -0.1) is 0 Å². The molecular formula is C22H31BrN6O2. The van der Waals surface area contributed by atoms with Crippen LogP contribution >= 0.6 is 15.9 Å². The molecule has 0 aromatic heterocycles. The van der Waals surface area contributed by atoms with Crippen molar-refractivity contribution in [3.05, 3.63) is 55.0 Å². The Kier molecular flexibility index (Phi) is 7.40. The van der Waals surface area contributed by atoms with Crippen molar-refractivity contribution in [2.24, 2.45) is 0 Å². The summed E-state index contributed by atoms with van der Waals surface area (Å²) in [6, 6.07) is 5.52. The van der Waals surface area contributed by atoms with E-state index in [0.29, 0.717) is 11.4 Å². The van der Waals surface area contributed by atoms with E-state index in [1.165, 1.54) is 17.2 Å². The van der Waals surface area contributed by atoms with Crippen LogP contribution < -0.4 is 17.2 Å². The van der Waals surface area contributed by atoms with Crippen LogP contribution in [0, 0.1) is 10.1 Å². The van der Waals surface area contributed by atoms with Gasteiger partial charge in [0.15, 0.2) is 0 Å². The minimum absolute atomic E-state index is 0.000531. The molecule has 0 fully saturated rings. The minimum Gasteiger partial charge on any atom is -0.397 e. The van der Waals surface area contributed by atoms with Crippen molar-refractivity contribution >= 4 is 38.7 Å². The normalized spacial score (nSPS) is 16.1. The number of hydrogen-bond donors (Lipinski definition) is 3. The molecule has 2 aromatic carbocycles. The number of rotatable bonds is 3. The van der Waals surface area contributed by atoms with E-state index in [1.807, 2.05) is 6.07 Å². The molecular weight excluding hydrogens is 460 g/mol. The molecule has 2 aromatic rings. The molecule has 31 heavy (non-hydrogen) atoms. The van der Waals surface area contributed by atoms with Gasteiger partial charge >= 0.3 is 0 Å². The van der Waals surface area contributed by atoms with Crippen LogP contribution in [0.25, 0.3) is 0 Å². The van der Waals surface area contributed by atoms with E-state index < -0.39 is 4.92 Å². The van der Waals surface area contributed by atoms with Crippen molar-refractivity contribution in [3.8, 4) is 0 Å². The molecule has 2 aliphatic rings. The Hall–Kier alpha value is -2.36. The van der Waals surface area contributed by atoms with Crippen LogP contribution in [0.3, 0.4) is 0 Å². The van der Waals surface area contributed by atoms with Gasteiger partial charge in [-0.1, -0.05) is 35.8 Å². The molecule has 0 unspecified atom stereocenters. The summed E-state index contributed by atoms with van der Waals surface area (Å²) in [4.78, 5) is 15.2. The zero-order valence-electron chi connectivity index (χ0n) is 18.2. The van der Waals surface area contributed by atoms with E-state index in [0.717, 1.165) is 73.4 Å². The number of likely N-dealkylation sites (N-methyl/N-ethyl adjacent to an activating group) is 2. The zero-order chi connectivity index (χ0) is 22.7. The van der Waals surface area contributed by atoms with Crippen LogP contribution in [0.4, 0.5) is 22.7 Å². The van der Waals surface area contributed by atoms with Crippen molar-refractivity contribution in [1.82, 2.24) is 9.80 Å². The molecule has 0 aliphatic carbocycles. The summed E-state index contributed by atoms with van der Waals surface area (Å²) in [5, 5.41) is 10.9. The Labute approximate surface area is 191 Å². The number of nitrogens with two attached hydrogens (primary N) is 3. The van der Waals surface area contributed by atoms with Crippen LogP contribution in [0.15, 0.2) is 22.7 Å². The second kappa shape index (κ2) is 9.84. The van der Waals surface area contributed by atoms with Gasteiger partial charge in [0.25, 0.3) is 5.69 Å². The Bertz CT molecular complexity index is 981. The van der Waals surface area contributed by atoms with Gasteiger partial charge < -0.3 is 17.2 Å². The molecule has 6 N–H and O–H groups in total. The smallest absolute Gasteiger partial charge is 0.293 e. The summed E-state index contributed by atoms with van der Waals surface area (Å²) in [6.07, 6.45) is 1.80. The van der Waals surface area contributed by atoms with E-state index in [-0.39, 0.29) is 5.69 Å². The first-order chi connectivity index (χ1) is 14.8. The summed E-state index contributed by atoms with van der Waals surface area (Å²) in [7, 11) is 0. The molecule has 2 heterocycles. The molecule has 0 atom stereocenters. The summed E-state index contributed by atoms with van der Waals surface area (Å²) in [6.45, 7) is 10.2. The second-order valence-corrected chi connectivity index (χ2v) is 8.80. The topological polar surface area (TPSA) is 128 Å². The number of hydrogen-bond acceptors (Lipinski definition) is 7. The highest BCUT2D eigenvalue weighted by Crippen LogP contribution is 2.37. The summed E-state index contributed by atoms with van der Waals surface area (Å²) in [5.41, 5.74) is 24.0. The monoisotopic (exact) mass is 490 g/mol. The molecule has 0 saturated heterocycles. The SMILES string of the molecule is CCN1CCc2c(N)c([N+](=O)[O-])cc(Br)c2C1.CCN1CCc2c(ccc(N)c2N)C1. The molecule has 0 saturated carbocycles. The van der Waals surface area contributed by atoms with Crippen LogP contribution in [0.5, 0.6) is 0 Å². The predicted molar refractivity (Wildman–Crippen MR) is 130 cm³/mol. The first kappa shape index (κ1) is 23.3. The standard InChI is InChI=1S/C11H14BrN3O2.C11H17N3/c1-2-14-4-3-7-8(6-14)9(12)5-10(11(7)13)15(16)17;1-2-14-6-5-9-8(7-14)3-4-10(12)11(9)13/h5H,2-4,6,13H2,1H3;3-4H,2,5-7,12-13H2,1H3. The number of anilines is 3. The zero-order valence-corrected chi connectivity index (χ0v) is 19.7. The van der Waals surface area contributed by atoms with Gasteiger partial charge in [-0.05, 0) is 54.3 Å². The molecule has 0 amide bonds. The van der Waals surface area contributed by atoms with Crippen LogP contribution in [-0.2, 0) is 25.9 Å². The van der Waals surface area contributed by atoms with Crippen LogP contribution in [-0.4, -0.2) is 40.9 Å². The number of benzene rings is 2. The average molecular weight is 491 g/mol. The molecule has 0 radical (unpaired) electrons. The predicted octanol–water partition coefficient (Wildman–Crippen LogP) is 3.55. The third-order valence-corrected chi connectivity index (χ3v) is 6.94. The maximum Gasteiger partial charge on any atom is 0.293 e. The Morgan fingerprint density at radius 1 is 0.968 bits per heavy atom. The van der Waals surface area contributed by atoms with Crippen LogP contribution in [0.2, 0.25) is 0 Å². The van der Waals surface area contributed by atoms with Crippen molar-refractivity contribution in [2.75, 3.05) is 43.4 Å². The van der Waals surface area contributed by atoms with Gasteiger partial charge in [-0.2, -0.15) is 0 Å². The number of nitrogen functional groups attached to an aromatic ring is 3. The number of nitro benzene ring substituents is 1. The van der Waals surface area contributed by atoms with Crippen molar-refractivity contribution in [2.45, 2.75) is 39.8 Å². The van der Waals surface area contributed by atoms with Crippen molar-refractivity contribution in [1.29, 1.82) is 0 Å². The number of nitrogens with zero attached hydrogens (tertiary/aromatic N) is 3. The molecule has 2 aliphatic heterocycles. The van der Waals surface area contributed by atoms with E-state index >= 15 is 0 Å². The third-order valence-electron chi connectivity index (χ3n) is 6.23. The van der Waals surface area contributed by atoms with Gasteiger partial charge in [-0.3, -0.25) is 19.9 Å². The second-order valence-electron chi connectivity index (χ2n) is 7.95. The molecule has 8 nitrogen and oxygen atoms in total. The number of halogens is 1. The lowest BCUT2D eigenvalue weighted by atomic mass is 9.97. The molecule has 4 rings (SSSR count). The van der Waals surface area contributed by atoms with E-state index in [1.54, 1.807) is 0 Å². The van der Waals surface area contributed by atoms with Gasteiger partial charge in [0.2, 0.25) is 0 Å². The quantitative estimate of drug-likeness (QED) is 0.340. The van der Waals surface area contributed by atoms with Gasteiger partial charge in [0.1, 0.15) is 5.69 Å². The lowest BCUT2D eigenvalue weighted by Crippen LogP contribution is -2.31. The molecule has 0 bridgehead atoms. The molecule has 168 valence electrons. The Morgan fingerprint density at radius 2 is 1.58 bits per heavy atom. The van der Waals surface area contributed by atoms with Gasteiger partial charge in [0.05, 0.1) is 16.3 Å². The highest BCUT2D eigenvalue weighted by Gasteiger charge is 2.25. The fourth-order valence-electron chi connectivity index (χ4n) is 4.23. The van der Waals surface area contributed by atoms with E-state index in [4.69, 9.17) is 17.2 Å². The van der Waals surface area contributed by atoms with Crippen LogP contribution in [0.1, 0.15) is 36.1 Å². The highest BCUT2D eigenvalue weighted by molar-refractivity contribution is 9.10. The molecule has 9 heteroatoms. The van der Waals surface area contributed by atoms with E-state index in [9.17, 15) is 10.1 Å². The Balaban J connectivity index is 0.000000179. The van der Waals surface area contributed by atoms with Gasteiger partial charge in [-0.25, -0.2) is 0 Å². The lowest BCUT2D eigenvalue weighted by Gasteiger charge is -2.29. The summed E-state index contributed by atoms with van der Waals surface area (Å²) in [5.74, 6) is 0. The molecule has 0 spiro atoms. The van der Waals surface area contributed by atoms with Gasteiger partial charge in [0, 0.05) is 36.7 Å². The maximum atomic E-state index is 10.9. The first-order valence-electron chi connectivity index (χ1n) is 10.6.